The third-order valence-electron chi connectivity index (χ3n) is 1.89. The minimum absolute atomic E-state index is 0.0452. The SMILES string of the molecule is CNCC(=O)Nc1c(Cl)cc(Cl)cc1C(=O)O. The number of halogens is 2. The second-order valence-corrected chi connectivity index (χ2v) is 4.04. The predicted molar refractivity (Wildman–Crippen MR) is 66.0 cm³/mol. The number of carbonyl (C=O) groups excluding carboxylic acids is 1. The van der Waals surface area contributed by atoms with E-state index >= 15 is 0 Å². The van der Waals surface area contributed by atoms with E-state index in [9.17, 15) is 9.59 Å². The van der Waals surface area contributed by atoms with Crippen molar-refractivity contribution in [1.29, 1.82) is 0 Å². The molecule has 0 unspecified atom stereocenters. The van der Waals surface area contributed by atoms with Gasteiger partial charge >= 0.3 is 5.97 Å². The average Bonchev–Trinajstić information content (AvgIpc) is 2.21. The van der Waals surface area contributed by atoms with E-state index in [0.717, 1.165) is 0 Å². The van der Waals surface area contributed by atoms with E-state index in [0.29, 0.717) is 0 Å². The van der Waals surface area contributed by atoms with Crippen LogP contribution in [-0.4, -0.2) is 30.6 Å². The number of benzene rings is 1. The molecule has 1 aromatic carbocycles. The maximum atomic E-state index is 11.4. The molecule has 7 heteroatoms. The third-order valence-corrected chi connectivity index (χ3v) is 2.40. The molecule has 0 radical (unpaired) electrons. The number of anilines is 1. The van der Waals surface area contributed by atoms with Crippen LogP contribution in [0, 0.1) is 0 Å². The molecule has 17 heavy (non-hydrogen) atoms. The lowest BCUT2D eigenvalue weighted by atomic mass is 10.1. The van der Waals surface area contributed by atoms with Gasteiger partial charge in [-0.05, 0) is 19.2 Å². The van der Waals surface area contributed by atoms with Crippen LogP contribution in [0.5, 0.6) is 0 Å². The number of amides is 1. The Bertz CT molecular complexity index is 463. The second-order valence-electron chi connectivity index (χ2n) is 3.19. The molecule has 0 bridgehead atoms. The molecule has 1 amide bonds. The van der Waals surface area contributed by atoms with Gasteiger partial charge in [0.25, 0.3) is 0 Å². The molecular weight excluding hydrogens is 267 g/mol. The smallest absolute Gasteiger partial charge is 0.337 e. The van der Waals surface area contributed by atoms with Crippen molar-refractivity contribution in [3.05, 3.63) is 27.7 Å². The number of hydrogen-bond acceptors (Lipinski definition) is 3. The van der Waals surface area contributed by atoms with Gasteiger partial charge in [-0.1, -0.05) is 23.2 Å². The van der Waals surface area contributed by atoms with Crippen molar-refractivity contribution < 1.29 is 14.7 Å². The number of likely N-dealkylation sites (N-methyl/N-ethyl adjacent to an activating group) is 1. The van der Waals surface area contributed by atoms with Crippen LogP contribution in [0.2, 0.25) is 10.0 Å². The molecule has 0 atom stereocenters. The summed E-state index contributed by atoms with van der Waals surface area (Å²) in [7, 11) is 1.60. The van der Waals surface area contributed by atoms with Crippen molar-refractivity contribution in [3.8, 4) is 0 Å². The molecule has 1 aromatic rings. The standard InChI is InChI=1S/C10H10Cl2N2O3/c1-13-4-8(15)14-9-6(10(16)17)2-5(11)3-7(9)12/h2-3,13H,4H2,1H3,(H,14,15)(H,16,17). The summed E-state index contributed by atoms with van der Waals surface area (Å²) in [5.41, 5.74) is -0.101. The minimum Gasteiger partial charge on any atom is -0.478 e. The Morgan fingerprint density at radius 3 is 2.53 bits per heavy atom. The average molecular weight is 277 g/mol. The Labute approximate surface area is 108 Å². The third kappa shape index (κ3) is 3.59. The molecule has 0 aliphatic heterocycles. The monoisotopic (exact) mass is 276 g/mol. The Balaban J connectivity index is 3.12. The highest BCUT2D eigenvalue weighted by Crippen LogP contribution is 2.30. The van der Waals surface area contributed by atoms with Gasteiger partial charge in [-0.3, -0.25) is 4.79 Å². The van der Waals surface area contributed by atoms with Crippen molar-refractivity contribution in [3.63, 3.8) is 0 Å². The number of hydrogen-bond donors (Lipinski definition) is 3. The zero-order valence-corrected chi connectivity index (χ0v) is 10.4. The second kappa shape index (κ2) is 5.86. The normalized spacial score (nSPS) is 10.1. The van der Waals surface area contributed by atoms with E-state index in [1.54, 1.807) is 7.05 Å². The molecule has 0 saturated carbocycles. The predicted octanol–water partition coefficient (Wildman–Crippen LogP) is 1.85. The van der Waals surface area contributed by atoms with E-state index in [1.807, 2.05) is 0 Å². The fraction of sp³-hybridized carbons (Fsp3) is 0.200. The lowest BCUT2D eigenvalue weighted by molar-refractivity contribution is -0.115. The molecule has 0 fully saturated rings. The summed E-state index contributed by atoms with van der Waals surface area (Å²) in [6, 6.07) is 2.59. The van der Waals surface area contributed by atoms with E-state index in [4.69, 9.17) is 28.3 Å². The molecule has 92 valence electrons. The van der Waals surface area contributed by atoms with E-state index in [1.165, 1.54) is 12.1 Å². The topological polar surface area (TPSA) is 78.4 Å². The van der Waals surface area contributed by atoms with Crippen LogP contribution in [0.3, 0.4) is 0 Å². The fourth-order valence-electron chi connectivity index (χ4n) is 1.21. The summed E-state index contributed by atoms with van der Waals surface area (Å²) >= 11 is 11.5. The molecule has 1 rings (SSSR count). The lowest BCUT2D eigenvalue weighted by Gasteiger charge is -2.10. The van der Waals surface area contributed by atoms with Crippen LogP contribution in [0.15, 0.2) is 12.1 Å². The number of carboxylic acids is 1. The van der Waals surface area contributed by atoms with E-state index in [-0.39, 0.29) is 33.7 Å². The molecule has 0 spiro atoms. The number of nitrogens with one attached hydrogen (secondary N) is 2. The highest BCUT2D eigenvalue weighted by atomic mass is 35.5. The number of carbonyl (C=O) groups is 2. The summed E-state index contributed by atoms with van der Waals surface area (Å²) in [5.74, 6) is -1.60. The van der Waals surface area contributed by atoms with Gasteiger partial charge in [0.05, 0.1) is 22.8 Å². The molecular formula is C10H10Cl2N2O3. The van der Waals surface area contributed by atoms with Crippen LogP contribution in [0.1, 0.15) is 10.4 Å². The van der Waals surface area contributed by atoms with Crippen LogP contribution in [-0.2, 0) is 4.79 Å². The number of rotatable bonds is 4. The summed E-state index contributed by atoms with van der Waals surface area (Å²) in [6.07, 6.45) is 0. The van der Waals surface area contributed by atoms with Gasteiger partial charge in [0.2, 0.25) is 5.91 Å². The Morgan fingerprint density at radius 1 is 1.35 bits per heavy atom. The Kier molecular flexibility index (Phi) is 4.74. The van der Waals surface area contributed by atoms with Crippen LogP contribution in [0.25, 0.3) is 0 Å². The van der Waals surface area contributed by atoms with Crippen LogP contribution in [0.4, 0.5) is 5.69 Å². The fourth-order valence-corrected chi connectivity index (χ4v) is 1.75. The molecule has 5 nitrogen and oxygen atoms in total. The molecule has 0 aliphatic rings. The van der Waals surface area contributed by atoms with Crippen molar-refractivity contribution in [2.45, 2.75) is 0 Å². The van der Waals surface area contributed by atoms with Gasteiger partial charge in [0, 0.05) is 5.02 Å². The van der Waals surface area contributed by atoms with Crippen molar-refractivity contribution in [2.24, 2.45) is 0 Å². The van der Waals surface area contributed by atoms with Crippen molar-refractivity contribution in [2.75, 3.05) is 18.9 Å². The summed E-state index contributed by atoms with van der Waals surface area (Å²) < 4.78 is 0. The number of carboxylic acid groups (broad SMARTS) is 1. The Morgan fingerprint density at radius 2 is 2.00 bits per heavy atom. The summed E-state index contributed by atoms with van der Waals surface area (Å²) in [6.45, 7) is 0.0536. The zero-order valence-electron chi connectivity index (χ0n) is 8.88. The lowest BCUT2D eigenvalue weighted by Crippen LogP contribution is -2.26. The largest absolute Gasteiger partial charge is 0.478 e. The van der Waals surface area contributed by atoms with Crippen LogP contribution >= 0.6 is 23.2 Å². The van der Waals surface area contributed by atoms with Gasteiger partial charge in [-0.2, -0.15) is 0 Å². The highest BCUT2D eigenvalue weighted by molar-refractivity contribution is 6.37. The highest BCUT2D eigenvalue weighted by Gasteiger charge is 2.16. The van der Waals surface area contributed by atoms with Gasteiger partial charge in [-0.15, -0.1) is 0 Å². The maximum absolute atomic E-state index is 11.4. The van der Waals surface area contributed by atoms with Gasteiger partial charge in [0.1, 0.15) is 0 Å². The first-order valence-corrected chi connectivity index (χ1v) is 5.38. The molecule has 0 saturated heterocycles. The van der Waals surface area contributed by atoms with Gasteiger partial charge in [-0.25, -0.2) is 4.79 Å². The summed E-state index contributed by atoms with van der Waals surface area (Å²) in [4.78, 5) is 22.3. The first kappa shape index (κ1) is 13.8. The quantitative estimate of drug-likeness (QED) is 0.784. The van der Waals surface area contributed by atoms with Crippen molar-refractivity contribution >= 4 is 40.8 Å². The first-order chi connectivity index (χ1) is 7.95. The summed E-state index contributed by atoms with van der Waals surface area (Å²) in [5, 5.41) is 14.3. The minimum atomic E-state index is -1.21. The van der Waals surface area contributed by atoms with Crippen molar-refractivity contribution in [1.82, 2.24) is 5.32 Å². The van der Waals surface area contributed by atoms with E-state index < -0.39 is 5.97 Å². The Hall–Kier alpha value is -1.30. The maximum Gasteiger partial charge on any atom is 0.337 e. The number of aromatic carboxylic acids is 1. The molecule has 3 N–H and O–H groups in total. The zero-order chi connectivity index (χ0) is 13.0. The van der Waals surface area contributed by atoms with Gasteiger partial charge < -0.3 is 15.7 Å². The van der Waals surface area contributed by atoms with Gasteiger partial charge in [0.15, 0.2) is 0 Å². The first-order valence-electron chi connectivity index (χ1n) is 4.62. The molecule has 0 aromatic heterocycles. The molecule has 0 heterocycles. The molecule has 0 aliphatic carbocycles. The van der Waals surface area contributed by atoms with Crippen LogP contribution < -0.4 is 10.6 Å². The van der Waals surface area contributed by atoms with E-state index in [2.05, 4.69) is 10.6 Å².